The lowest BCUT2D eigenvalue weighted by atomic mass is 10.3. The summed E-state index contributed by atoms with van der Waals surface area (Å²) in [6.45, 7) is 2.39. The predicted octanol–water partition coefficient (Wildman–Crippen LogP) is 1.10. The quantitative estimate of drug-likeness (QED) is 0.606. The number of hydrogen-bond donors (Lipinski definition) is 2. The number of benzene rings is 1. The molecule has 1 rings (SSSR count). The van der Waals surface area contributed by atoms with Crippen LogP contribution in [0.15, 0.2) is 23.1 Å². The van der Waals surface area contributed by atoms with Crippen molar-refractivity contribution >= 4 is 21.4 Å². The summed E-state index contributed by atoms with van der Waals surface area (Å²) in [5.41, 5.74) is 5.13. The Hall–Kier alpha value is -1.63. The summed E-state index contributed by atoms with van der Waals surface area (Å²) in [6.07, 6.45) is 1.68. The summed E-state index contributed by atoms with van der Waals surface area (Å²) in [6, 6.07) is 3.17. The Morgan fingerprint density at radius 2 is 2.11 bits per heavy atom. The number of sulfone groups is 1. The molecule has 106 valence electrons. The van der Waals surface area contributed by atoms with Crippen molar-refractivity contribution in [2.45, 2.75) is 24.7 Å². The number of nitrogen functional groups attached to an aromatic ring is 1. The molecule has 1 amide bonds. The summed E-state index contributed by atoms with van der Waals surface area (Å²) in [4.78, 5) is 11.2. The van der Waals surface area contributed by atoms with Gasteiger partial charge >= 0.3 is 0 Å². The number of halogens is 1. The van der Waals surface area contributed by atoms with Crippen molar-refractivity contribution in [2.24, 2.45) is 0 Å². The number of amides is 1. The van der Waals surface area contributed by atoms with E-state index in [1.165, 1.54) is 6.07 Å². The molecule has 0 aliphatic rings. The van der Waals surface area contributed by atoms with Gasteiger partial charge in [-0.1, -0.05) is 13.3 Å². The van der Waals surface area contributed by atoms with E-state index in [2.05, 4.69) is 5.32 Å². The van der Waals surface area contributed by atoms with Crippen LogP contribution in [0.5, 0.6) is 0 Å². The van der Waals surface area contributed by atoms with Crippen molar-refractivity contribution in [3.63, 3.8) is 0 Å². The summed E-state index contributed by atoms with van der Waals surface area (Å²) in [5.74, 6) is -2.10. The second-order valence-corrected chi connectivity index (χ2v) is 6.14. The van der Waals surface area contributed by atoms with Gasteiger partial charge in [0.1, 0.15) is 11.6 Å². The van der Waals surface area contributed by atoms with Crippen LogP contribution in [0.4, 0.5) is 10.1 Å². The van der Waals surface area contributed by atoms with E-state index in [1.54, 1.807) is 0 Å². The molecule has 5 nitrogen and oxygen atoms in total. The van der Waals surface area contributed by atoms with Crippen LogP contribution in [0.2, 0.25) is 0 Å². The van der Waals surface area contributed by atoms with Crippen molar-refractivity contribution in [1.29, 1.82) is 0 Å². The Balaban J connectivity index is 2.75. The van der Waals surface area contributed by atoms with Gasteiger partial charge in [0.05, 0.1) is 10.6 Å². The van der Waals surface area contributed by atoms with Crippen LogP contribution in [-0.2, 0) is 14.6 Å². The van der Waals surface area contributed by atoms with E-state index in [9.17, 15) is 17.6 Å². The fourth-order valence-corrected chi connectivity index (χ4v) is 2.59. The highest BCUT2D eigenvalue weighted by molar-refractivity contribution is 7.92. The lowest BCUT2D eigenvalue weighted by Gasteiger charge is -2.06. The van der Waals surface area contributed by atoms with E-state index >= 15 is 0 Å². The molecule has 0 heterocycles. The third-order valence-electron chi connectivity index (χ3n) is 2.50. The van der Waals surface area contributed by atoms with E-state index in [0.717, 1.165) is 25.0 Å². The average Bonchev–Trinajstić information content (AvgIpc) is 2.32. The highest BCUT2D eigenvalue weighted by atomic mass is 32.2. The molecule has 0 spiro atoms. The lowest BCUT2D eigenvalue weighted by molar-refractivity contribution is -0.118. The van der Waals surface area contributed by atoms with Gasteiger partial charge in [0.2, 0.25) is 5.91 Å². The Labute approximate surface area is 111 Å². The zero-order valence-electron chi connectivity index (χ0n) is 10.6. The molecule has 0 aliphatic heterocycles. The van der Waals surface area contributed by atoms with Crippen molar-refractivity contribution < 1.29 is 17.6 Å². The normalized spacial score (nSPS) is 11.3. The first kappa shape index (κ1) is 15.4. The third kappa shape index (κ3) is 4.51. The molecule has 0 atom stereocenters. The Morgan fingerprint density at radius 3 is 2.68 bits per heavy atom. The Kier molecular flexibility index (Phi) is 5.29. The number of nitrogens with one attached hydrogen (secondary N) is 1. The number of rotatable bonds is 6. The standard InChI is InChI=1S/C12H17FN2O3S/c1-2-3-6-15-12(16)8-19(17,18)9-4-5-11(14)10(13)7-9/h4-5,7H,2-3,6,8,14H2,1H3,(H,15,16). The van der Waals surface area contributed by atoms with E-state index in [0.29, 0.717) is 6.54 Å². The highest BCUT2D eigenvalue weighted by Crippen LogP contribution is 2.17. The number of hydrogen-bond acceptors (Lipinski definition) is 4. The van der Waals surface area contributed by atoms with Crippen LogP contribution in [-0.4, -0.2) is 26.6 Å². The van der Waals surface area contributed by atoms with Crippen LogP contribution >= 0.6 is 0 Å². The van der Waals surface area contributed by atoms with Crippen LogP contribution in [0, 0.1) is 5.82 Å². The minimum Gasteiger partial charge on any atom is -0.396 e. The highest BCUT2D eigenvalue weighted by Gasteiger charge is 2.20. The number of anilines is 1. The smallest absolute Gasteiger partial charge is 0.235 e. The minimum atomic E-state index is -3.84. The molecule has 0 saturated heterocycles. The number of carbonyl (C=O) groups excluding carboxylic acids is 1. The molecule has 0 saturated carbocycles. The molecule has 0 aliphatic carbocycles. The SMILES string of the molecule is CCCCNC(=O)CS(=O)(=O)c1ccc(N)c(F)c1. The van der Waals surface area contributed by atoms with E-state index in [1.807, 2.05) is 6.92 Å². The molecule has 1 aromatic carbocycles. The fraction of sp³-hybridized carbons (Fsp3) is 0.417. The maximum Gasteiger partial charge on any atom is 0.235 e. The summed E-state index contributed by atoms with van der Waals surface area (Å²) < 4.78 is 36.9. The maximum absolute atomic E-state index is 13.2. The van der Waals surface area contributed by atoms with Gasteiger partial charge < -0.3 is 11.1 Å². The number of unbranched alkanes of at least 4 members (excludes halogenated alkanes) is 1. The summed E-state index contributed by atoms with van der Waals surface area (Å²) in [7, 11) is -3.84. The van der Waals surface area contributed by atoms with Crippen LogP contribution in [0.3, 0.4) is 0 Å². The van der Waals surface area contributed by atoms with Crippen LogP contribution in [0.25, 0.3) is 0 Å². The second-order valence-electron chi connectivity index (χ2n) is 4.15. The van der Waals surface area contributed by atoms with Crippen LogP contribution in [0.1, 0.15) is 19.8 Å². The summed E-state index contributed by atoms with van der Waals surface area (Å²) >= 11 is 0. The molecule has 19 heavy (non-hydrogen) atoms. The zero-order valence-corrected chi connectivity index (χ0v) is 11.5. The topological polar surface area (TPSA) is 89.3 Å². The monoisotopic (exact) mass is 288 g/mol. The van der Waals surface area contributed by atoms with Gasteiger partial charge in [-0.3, -0.25) is 4.79 Å². The largest absolute Gasteiger partial charge is 0.396 e. The predicted molar refractivity (Wildman–Crippen MR) is 70.8 cm³/mol. The molecule has 0 bridgehead atoms. The molecular weight excluding hydrogens is 271 g/mol. The second kappa shape index (κ2) is 6.51. The maximum atomic E-state index is 13.2. The molecule has 0 aromatic heterocycles. The van der Waals surface area contributed by atoms with Crippen molar-refractivity contribution in [3.05, 3.63) is 24.0 Å². The first-order valence-electron chi connectivity index (χ1n) is 5.91. The van der Waals surface area contributed by atoms with Gasteiger partial charge in [-0.25, -0.2) is 12.8 Å². The van der Waals surface area contributed by atoms with Crippen molar-refractivity contribution in [1.82, 2.24) is 5.32 Å². The fourth-order valence-electron chi connectivity index (χ4n) is 1.41. The average molecular weight is 288 g/mol. The van der Waals surface area contributed by atoms with Gasteiger partial charge in [-0.05, 0) is 24.6 Å². The molecule has 3 N–H and O–H groups in total. The first-order valence-corrected chi connectivity index (χ1v) is 7.56. The van der Waals surface area contributed by atoms with Gasteiger partial charge in [-0.15, -0.1) is 0 Å². The number of carbonyl (C=O) groups is 1. The zero-order chi connectivity index (χ0) is 14.5. The molecule has 7 heteroatoms. The Bertz CT molecular complexity index is 558. The lowest BCUT2D eigenvalue weighted by Crippen LogP contribution is -2.31. The molecule has 0 radical (unpaired) electrons. The molecule has 0 unspecified atom stereocenters. The van der Waals surface area contributed by atoms with E-state index in [4.69, 9.17) is 5.73 Å². The minimum absolute atomic E-state index is 0.133. The third-order valence-corrected chi connectivity index (χ3v) is 4.12. The first-order chi connectivity index (χ1) is 8.86. The van der Waals surface area contributed by atoms with Gasteiger partial charge in [0, 0.05) is 6.54 Å². The molecule has 0 fully saturated rings. The van der Waals surface area contributed by atoms with Crippen molar-refractivity contribution in [3.8, 4) is 0 Å². The number of nitrogens with two attached hydrogens (primary N) is 1. The Morgan fingerprint density at radius 1 is 1.42 bits per heavy atom. The van der Waals surface area contributed by atoms with Gasteiger partial charge in [0.25, 0.3) is 0 Å². The molecular formula is C12H17FN2O3S. The van der Waals surface area contributed by atoms with E-state index in [-0.39, 0.29) is 10.6 Å². The van der Waals surface area contributed by atoms with Gasteiger partial charge in [-0.2, -0.15) is 0 Å². The van der Waals surface area contributed by atoms with Crippen LogP contribution < -0.4 is 11.1 Å². The molecule has 1 aromatic rings. The van der Waals surface area contributed by atoms with Crippen molar-refractivity contribution in [2.75, 3.05) is 18.0 Å². The summed E-state index contributed by atoms with van der Waals surface area (Å²) in [5, 5.41) is 2.50. The van der Waals surface area contributed by atoms with Gasteiger partial charge in [0.15, 0.2) is 9.84 Å². The van der Waals surface area contributed by atoms with E-state index < -0.39 is 27.3 Å².